The summed E-state index contributed by atoms with van der Waals surface area (Å²) in [6.45, 7) is 7.91. The zero-order chi connectivity index (χ0) is 26.6. The molecule has 1 unspecified atom stereocenters. The van der Waals surface area contributed by atoms with Crippen molar-refractivity contribution in [1.29, 1.82) is 0 Å². The molecule has 1 aliphatic rings. The van der Waals surface area contributed by atoms with E-state index in [9.17, 15) is 13.2 Å². The first kappa shape index (κ1) is 26.4. The number of hydrogen-bond acceptors (Lipinski definition) is 5. The van der Waals surface area contributed by atoms with Gasteiger partial charge in [-0.1, -0.05) is 48.0 Å². The van der Waals surface area contributed by atoms with Gasteiger partial charge in [-0.25, -0.2) is 0 Å². The van der Waals surface area contributed by atoms with Gasteiger partial charge in [-0.2, -0.15) is 8.42 Å². The quantitative estimate of drug-likeness (QED) is 0.312. The summed E-state index contributed by atoms with van der Waals surface area (Å²) in [5.74, 6) is 0.520. The summed E-state index contributed by atoms with van der Waals surface area (Å²) in [6, 6.07) is 23.6. The lowest BCUT2D eigenvalue weighted by Crippen LogP contribution is -2.27. The van der Waals surface area contributed by atoms with Crippen LogP contribution in [0.4, 0.5) is 5.69 Å². The molecule has 1 amide bonds. The molecule has 0 aliphatic carbocycles. The minimum absolute atomic E-state index is 0.0917. The van der Waals surface area contributed by atoms with E-state index in [2.05, 4.69) is 0 Å². The number of nitrogens with zero attached hydrogens (tertiary/aromatic N) is 1. The van der Waals surface area contributed by atoms with E-state index in [4.69, 9.17) is 8.92 Å². The van der Waals surface area contributed by atoms with Gasteiger partial charge >= 0.3 is 0 Å². The summed E-state index contributed by atoms with van der Waals surface area (Å²) in [6.07, 6.45) is 1.37. The van der Waals surface area contributed by atoms with Gasteiger partial charge in [0.25, 0.3) is 16.0 Å². The lowest BCUT2D eigenvalue weighted by molar-refractivity contribution is -0.114. The van der Waals surface area contributed by atoms with Crippen LogP contribution in [0.2, 0.25) is 0 Å². The number of amides is 1. The number of benzene rings is 3. The molecule has 192 valence electrons. The number of anilines is 1. The number of carbonyl (C=O) groups excluding carboxylic acids is 1. The molecular formula is C30H31NO5S. The van der Waals surface area contributed by atoms with Crippen molar-refractivity contribution in [2.24, 2.45) is 0 Å². The van der Waals surface area contributed by atoms with Crippen LogP contribution >= 0.6 is 0 Å². The van der Waals surface area contributed by atoms with Gasteiger partial charge < -0.3 is 4.74 Å². The number of allylic oxidation sites excluding steroid dienone is 1. The fourth-order valence-electron chi connectivity index (χ4n) is 4.26. The summed E-state index contributed by atoms with van der Waals surface area (Å²) in [5, 5.41) is 0. The molecule has 7 heteroatoms. The maximum absolute atomic E-state index is 13.7. The van der Waals surface area contributed by atoms with Crippen LogP contribution in [-0.2, 0) is 19.1 Å². The normalized spacial score (nSPS) is 15.9. The van der Waals surface area contributed by atoms with E-state index in [1.165, 1.54) is 12.1 Å². The predicted octanol–water partition coefficient (Wildman–Crippen LogP) is 6.28. The second-order valence-corrected chi connectivity index (χ2v) is 10.6. The van der Waals surface area contributed by atoms with E-state index in [0.717, 1.165) is 28.1 Å². The zero-order valence-electron chi connectivity index (χ0n) is 21.5. The molecule has 1 atom stereocenters. The Balaban J connectivity index is 1.64. The maximum atomic E-state index is 13.7. The van der Waals surface area contributed by atoms with E-state index in [0.29, 0.717) is 17.9 Å². The smallest absolute Gasteiger partial charge is 0.297 e. The minimum atomic E-state index is -3.97. The van der Waals surface area contributed by atoms with Crippen LogP contribution in [0, 0.1) is 6.92 Å². The summed E-state index contributed by atoms with van der Waals surface area (Å²) in [7, 11) is -3.97. The Labute approximate surface area is 219 Å². The summed E-state index contributed by atoms with van der Waals surface area (Å²) >= 11 is 0. The molecule has 1 aliphatic heterocycles. The van der Waals surface area contributed by atoms with Crippen molar-refractivity contribution in [2.45, 2.75) is 45.1 Å². The standard InChI is InChI=1S/C30H31NO5S/c1-5-35-26-15-13-25(14-16-26)31-29(20-24-9-7-6-8-10-24)23(4)28(30(31)32)19-22(3)36-37(33,34)27-17-11-21(2)12-18-27/h6-18,20,22H,5,19H2,1-4H3/b29-20+. The summed E-state index contributed by atoms with van der Waals surface area (Å²) in [4.78, 5) is 15.5. The van der Waals surface area contributed by atoms with Gasteiger partial charge in [0.15, 0.2) is 0 Å². The van der Waals surface area contributed by atoms with Gasteiger partial charge in [0.1, 0.15) is 5.75 Å². The molecule has 0 aromatic heterocycles. The molecule has 0 N–H and O–H groups in total. The first-order chi connectivity index (χ1) is 17.7. The van der Waals surface area contributed by atoms with Gasteiger partial charge in [0.2, 0.25) is 0 Å². The fourth-order valence-corrected chi connectivity index (χ4v) is 5.34. The topological polar surface area (TPSA) is 72.9 Å². The van der Waals surface area contributed by atoms with Crippen LogP contribution in [-0.4, -0.2) is 27.0 Å². The van der Waals surface area contributed by atoms with Crippen molar-refractivity contribution in [3.05, 3.63) is 107 Å². The van der Waals surface area contributed by atoms with Crippen molar-refractivity contribution in [3.63, 3.8) is 0 Å². The molecule has 0 radical (unpaired) electrons. The summed E-state index contributed by atoms with van der Waals surface area (Å²) < 4.78 is 36.7. The van der Waals surface area contributed by atoms with Crippen molar-refractivity contribution >= 4 is 27.8 Å². The Morgan fingerprint density at radius 1 is 0.919 bits per heavy atom. The average Bonchev–Trinajstić information content (AvgIpc) is 3.09. The Morgan fingerprint density at radius 3 is 2.19 bits per heavy atom. The van der Waals surface area contributed by atoms with E-state index in [1.54, 1.807) is 24.0 Å². The highest BCUT2D eigenvalue weighted by atomic mass is 32.2. The van der Waals surface area contributed by atoms with Gasteiger partial charge in [0.05, 0.1) is 23.3 Å². The van der Waals surface area contributed by atoms with E-state index >= 15 is 0 Å². The number of hydrogen-bond donors (Lipinski definition) is 0. The first-order valence-corrected chi connectivity index (χ1v) is 13.6. The highest BCUT2D eigenvalue weighted by Crippen LogP contribution is 2.38. The predicted molar refractivity (Wildman–Crippen MR) is 146 cm³/mol. The lowest BCUT2D eigenvalue weighted by Gasteiger charge is -2.21. The van der Waals surface area contributed by atoms with Gasteiger partial charge in [-0.3, -0.25) is 13.9 Å². The molecule has 0 saturated heterocycles. The molecule has 0 bridgehead atoms. The maximum Gasteiger partial charge on any atom is 0.297 e. The molecule has 3 aromatic carbocycles. The molecule has 0 spiro atoms. The molecule has 0 fully saturated rings. The fraction of sp³-hybridized carbons (Fsp3) is 0.233. The van der Waals surface area contributed by atoms with Crippen LogP contribution in [0.3, 0.4) is 0 Å². The average molecular weight is 518 g/mol. The Kier molecular flexibility index (Phi) is 7.95. The molecule has 3 aromatic rings. The molecular weight excluding hydrogens is 486 g/mol. The first-order valence-electron chi connectivity index (χ1n) is 12.2. The van der Waals surface area contributed by atoms with Crippen LogP contribution in [0.1, 0.15) is 38.3 Å². The monoisotopic (exact) mass is 517 g/mol. The molecule has 37 heavy (non-hydrogen) atoms. The Hall–Kier alpha value is -3.68. The van der Waals surface area contributed by atoms with Crippen LogP contribution in [0.25, 0.3) is 6.08 Å². The molecule has 6 nitrogen and oxygen atoms in total. The number of ether oxygens (including phenoxy) is 1. The third-order valence-electron chi connectivity index (χ3n) is 6.14. The largest absolute Gasteiger partial charge is 0.494 e. The highest BCUT2D eigenvalue weighted by molar-refractivity contribution is 7.86. The zero-order valence-corrected chi connectivity index (χ0v) is 22.3. The van der Waals surface area contributed by atoms with Crippen LogP contribution in [0.5, 0.6) is 5.75 Å². The summed E-state index contributed by atoms with van der Waals surface area (Å²) in [5.41, 5.74) is 4.65. The van der Waals surface area contributed by atoms with E-state index in [1.807, 2.05) is 81.4 Å². The third kappa shape index (κ3) is 6.01. The number of carbonyl (C=O) groups is 1. The highest BCUT2D eigenvalue weighted by Gasteiger charge is 2.35. The Morgan fingerprint density at radius 2 is 1.57 bits per heavy atom. The second-order valence-electron chi connectivity index (χ2n) is 8.99. The van der Waals surface area contributed by atoms with Crippen LogP contribution in [0.15, 0.2) is 101 Å². The second kappa shape index (κ2) is 11.2. The van der Waals surface area contributed by atoms with Crippen molar-refractivity contribution in [3.8, 4) is 5.75 Å². The van der Waals surface area contributed by atoms with Crippen molar-refractivity contribution in [2.75, 3.05) is 11.5 Å². The Bertz CT molecular complexity index is 1420. The SMILES string of the molecule is CCOc1ccc(N2C(=O)C(CC(C)OS(=O)(=O)c3ccc(C)cc3)=C(C)/C2=C\c2ccccc2)cc1. The number of aryl methyl sites for hydroxylation is 1. The van der Waals surface area contributed by atoms with Gasteiger partial charge in [-0.15, -0.1) is 0 Å². The van der Waals surface area contributed by atoms with E-state index in [-0.39, 0.29) is 17.2 Å². The van der Waals surface area contributed by atoms with Gasteiger partial charge in [0, 0.05) is 17.7 Å². The van der Waals surface area contributed by atoms with Crippen molar-refractivity contribution < 1.29 is 22.1 Å². The van der Waals surface area contributed by atoms with E-state index < -0.39 is 16.2 Å². The lowest BCUT2D eigenvalue weighted by atomic mass is 10.0. The molecule has 1 heterocycles. The minimum Gasteiger partial charge on any atom is -0.494 e. The van der Waals surface area contributed by atoms with Crippen LogP contribution < -0.4 is 9.64 Å². The number of rotatable bonds is 9. The van der Waals surface area contributed by atoms with Gasteiger partial charge in [-0.05, 0) is 81.3 Å². The molecule has 4 rings (SSSR count). The van der Waals surface area contributed by atoms with Crippen molar-refractivity contribution in [1.82, 2.24) is 0 Å². The molecule has 0 saturated carbocycles. The third-order valence-corrected chi connectivity index (χ3v) is 7.57.